The molecule has 0 saturated carbocycles. The van der Waals surface area contributed by atoms with Crippen LogP contribution in [0.15, 0.2) is 18.2 Å². The maximum absolute atomic E-state index is 12.3. The van der Waals surface area contributed by atoms with Gasteiger partial charge in [0.05, 0.1) is 19.4 Å². The standard InChI is InChI=1S/C19H27NO4/c1-6-7-12-24-18(22)11-9-14-8-10-17(23-5)20-15(14)13-16(21)19(2,3)4/h8-11H,6-7,12-13H2,1-5H3/b11-9+. The number of carbonyl (C=O) groups excluding carboxylic acids is 2. The van der Waals surface area contributed by atoms with E-state index in [1.54, 1.807) is 18.2 Å². The van der Waals surface area contributed by atoms with Crippen LogP contribution in [-0.2, 0) is 20.7 Å². The summed E-state index contributed by atoms with van der Waals surface area (Å²) >= 11 is 0. The van der Waals surface area contributed by atoms with Gasteiger partial charge in [-0.1, -0.05) is 34.1 Å². The molecule has 5 nitrogen and oxygen atoms in total. The van der Waals surface area contributed by atoms with E-state index >= 15 is 0 Å². The summed E-state index contributed by atoms with van der Waals surface area (Å²) < 4.78 is 10.2. The topological polar surface area (TPSA) is 65.5 Å². The fourth-order valence-corrected chi connectivity index (χ4v) is 1.84. The zero-order valence-corrected chi connectivity index (χ0v) is 15.2. The average molecular weight is 333 g/mol. The van der Waals surface area contributed by atoms with Crippen molar-refractivity contribution in [3.63, 3.8) is 0 Å². The van der Waals surface area contributed by atoms with E-state index in [0.29, 0.717) is 23.7 Å². The number of pyridine rings is 1. The number of rotatable bonds is 8. The number of hydrogen-bond donors (Lipinski definition) is 0. The number of esters is 1. The lowest BCUT2D eigenvalue weighted by Gasteiger charge is -2.17. The Hall–Kier alpha value is -2.17. The summed E-state index contributed by atoms with van der Waals surface area (Å²) in [7, 11) is 1.53. The van der Waals surface area contributed by atoms with Gasteiger partial charge < -0.3 is 9.47 Å². The molecule has 0 N–H and O–H groups in total. The lowest BCUT2D eigenvalue weighted by atomic mass is 9.87. The number of methoxy groups -OCH3 is 1. The van der Waals surface area contributed by atoms with Crippen LogP contribution < -0.4 is 4.74 Å². The normalized spacial score (nSPS) is 11.5. The van der Waals surface area contributed by atoms with Gasteiger partial charge in [-0.3, -0.25) is 4.79 Å². The molecule has 0 aliphatic heterocycles. The monoisotopic (exact) mass is 333 g/mol. The number of nitrogens with zero attached hydrogens (tertiary/aromatic N) is 1. The number of ether oxygens (including phenoxy) is 2. The largest absolute Gasteiger partial charge is 0.481 e. The van der Waals surface area contributed by atoms with E-state index in [1.807, 2.05) is 27.7 Å². The van der Waals surface area contributed by atoms with Gasteiger partial charge in [0, 0.05) is 24.0 Å². The van der Waals surface area contributed by atoms with Crippen LogP contribution in [0.4, 0.5) is 0 Å². The van der Waals surface area contributed by atoms with Gasteiger partial charge in [-0.05, 0) is 24.1 Å². The quantitative estimate of drug-likeness (QED) is 0.413. The minimum Gasteiger partial charge on any atom is -0.481 e. The number of unbranched alkanes of at least 4 members (excludes halogenated alkanes) is 1. The van der Waals surface area contributed by atoms with Crippen molar-refractivity contribution >= 4 is 17.8 Å². The SMILES string of the molecule is CCCCOC(=O)/C=C/c1ccc(OC)nc1CC(=O)C(C)(C)C. The Labute approximate surface area is 144 Å². The highest BCUT2D eigenvalue weighted by molar-refractivity contribution is 5.89. The summed E-state index contributed by atoms with van der Waals surface area (Å²) in [6, 6.07) is 3.49. The van der Waals surface area contributed by atoms with Gasteiger partial charge in [-0.2, -0.15) is 0 Å². The number of carbonyl (C=O) groups is 2. The molecule has 1 aromatic rings. The minimum atomic E-state index is -0.454. The molecule has 0 bridgehead atoms. The van der Waals surface area contributed by atoms with Crippen LogP contribution in [-0.4, -0.2) is 30.5 Å². The zero-order valence-electron chi connectivity index (χ0n) is 15.2. The second-order valence-corrected chi connectivity index (χ2v) is 6.59. The Bertz CT molecular complexity index is 600. The Kier molecular flexibility index (Phi) is 7.62. The van der Waals surface area contributed by atoms with Crippen LogP contribution in [0.1, 0.15) is 51.8 Å². The number of hydrogen-bond acceptors (Lipinski definition) is 5. The molecule has 0 aliphatic carbocycles. The van der Waals surface area contributed by atoms with E-state index < -0.39 is 11.4 Å². The first-order chi connectivity index (χ1) is 11.3. The summed E-state index contributed by atoms with van der Waals surface area (Å²) in [5.74, 6) is 0.116. The Balaban J connectivity index is 2.93. The van der Waals surface area contributed by atoms with E-state index in [-0.39, 0.29) is 12.2 Å². The molecule has 0 fully saturated rings. The van der Waals surface area contributed by atoms with Gasteiger partial charge in [-0.25, -0.2) is 9.78 Å². The number of aromatic nitrogens is 1. The fourth-order valence-electron chi connectivity index (χ4n) is 1.84. The van der Waals surface area contributed by atoms with Crippen molar-refractivity contribution in [2.75, 3.05) is 13.7 Å². The molecule has 0 spiro atoms. The maximum atomic E-state index is 12.3. The second kappa shape index (κ2) is 9.21. The summed E-state index contributed by atoms with van der Waals surface area (Å²) in [5.41, 5.74) is 0.845. The molecule has 0 atom stereocenters. The van der Waals surface area contributed by atoms with Gasteiger partial charge in [0.1, 0.15) is 5.78 Å². The molecule has 1 heterocycles. The number of Topliss-reactive ketones (excluding diaryl/α,β-unsaturated/α-hetero) is 1. The highest BCUT2D eigenvalue weighted by Gasteiger charge is 2.22. The molecule has 0 amide bonds. The summed E-state index contributed by atoms with van der Waals surface area (Å²) in [6.07, 6.45) is 4.99. The van der Waals surface area contributed by atoms with E-state index in [4.69, 9.17) is 9.47 Å². The Morgan fingerprint density at radius 1 is 1.25 bits per heavy atom. The fraction of sp³-hybridized carbons (Fsp3) is 0.526. The van der Waals surface area contributed by atoms with Crippen molar-refractivity contribution in [2.45, 2.75) is 47.0 Å². The van der Waals surface area contributed by atoms with Crippen molar-refractivity contribution in [1.29, 1.82) is 0 Å². The van der Waals surface area contributed by atoms with E-state index in [0.717, 1.165) is 12.8 Å². The van der Waals surface area contributed by atoms with Crippen molar-refractivity contribution < 1.29 is 19.1 Å². The van der Waals surface area contributed by atoms with Crippen LogP contribution in [0, 0.1) is 5.41 Å². The summed E-state index contributed by atoms with van der Waals surface area (Å²) in [4.78, 5) is 28.3. The number of ketones is 1. The van der Waals surface area contributed by atoms with Gasteiger partial charge >= 0.3 is 5.97 Å². The molecule has 0 radical (unpaired) electrons. The third kappa shape index (κ3) is 6.52. The van der Waals surface area contributed by atoms with Crippen LogP contribution in [0.2, 0.25) is 0 Å². The van der Waals surface area contributed by atoms with E-state index in [9.17, 15) is 9.59 Å². The molecule has 0 saturated heterocycles. The van der Waals surface area contributed by atoms with E-state index in [1.165, 1.54) is 13.2 Å². The smallest absolute Gasteiger partial charge is 0.330 e. The molecule has 132 valence electrons. The second-order valence-electron chi connectivity index (χ2n) is 6.59. The first-order valence-corrected chi connectivity index (χ1v) is 8.20. The lowest BCUT2D eigenvalue weighted by Crippen LogP contribution is -2.23. The van der Waals surface area contributed by atoms with Crippen LogP contribution in [0.5, 0.6) is 5.88 Å². The van der Waals surface area contributed by atoms with Crippen LogP contribution in [0.3, 0.4) is 0 Å². The van der Waals surface area contributed by atoms with Crippen LogP contribution >= 0.6 is 0 Å². The molecule has 5 heteroatoms. The maximum Gasteiger partial charge on any atom is 0.330 e. The minimum absolute atomic E-state index is 0.0726. The molecular formula is C19H27NO4. The first-order valence-electron chi connectivity index (χ1n) is 8.20. The highest BCUT2D eigenvalue weighted by atomic mass is 16.5. The van der Waals surface area contributed by atoms with Gasteiger partial charge in [0.15, 0.2) is 0 Å². The molecule has 0 aromatic carbocycles. The Morgan fingerprint density at radius 3 is 2.54 bits per heavy atom. The van der Waals surface area contributed by atoms with Crippen molar-refractivity contribution in [3.05, 3.63) is 29.5 Å². The third-order valence-electron chi connectivity index (χ3n) is 3.50. The molecule has 0 unspecified atom stereocenters. The van der Waals surface area contributed by atoms with E-state index in [2.05, 4.69) is 4.98 Å². The van der Waals surface area contributed by atoms with Crippen molar-refractivity contribution in [3.8, 4) is 5.88 Å². The molecule has 1 aromatic heterocycles. The predicted octanol–water partition coefficient (Wildman–Crippen LogP) is 3.60. The third-order valence-corrected chi connectivity index (χ3v) is 3.50. The molecule has 0 aliphatic rings. The Morgan fingerprint density at radius 2 is 1.96 bits per heavy atom. The van der Waals surface area contributed by atoms with Gasteiger partial charge in [0.25, 0.3) is 0 Å². The molecule has 1 rings (SSSR count). The van der Waals surface area contributed by atoms with Crippen LogP contribution in [0.25, 0.3) is 6.08 Å². The summed E-state index contributed by atoms with van der Waals surface area (Å²) in [6.45, 7) is 8.06. The van der Waals surface area contributed by atoms with Crippen molar-refractivity contribution in [2.24, 2.45) is 5.41 Å². The van der Waals surface area contributed by atoms with Gasteiger partial charge in [0.2, 0.25) is 5.88 Å². The molecule has 24 heavy (non-hydrogen) atoms. The zero-order chi connectivity index (χ0) is 18.2. The van der Waals surface area contributed by atoms with Crippen molar-refractivity contribution in [1.82, 2.24) is 4.98 Å². The molecular weight excluding hydrogens is 306 g/mol. The average Bonchev–Trinajstić information content (AvgIpc) is 2.52. The van der Waals surface area contributed by atoms with Gasteiger partial charge in [-0.15, -0.1) is 0 Å². The highest BCUT2D eigenvalue weighted by Crippen LogP contribution is 2.21. The summed E-state index contributed by atoms with van der Waals surface area (Å²) in [5, 5.41) is 0. The predicted molar refractivity (Wildman–Crippen MR) is 93.9 cm³/mol. The lowest BCUT2D eigenvalue weighted by molar-refractivity contribution is -0.137. The first kappa shape index (κ1) is 19.9.